The second-order valence-electron chi connectivity index (χ2n) is 5.98. The van der Waals surface area contributed by atoms with Crippen molar-refractivity contribution in [3.63, 3.8) is 0 Å². The van der Waals surface area contributed by atoms with Crippen molar-refractivity contribution in [3.05, 3.63) is 89.9 Å². The van der Waals surface area contributed by atoms with Gasteiger partial charge in [-0.1, -0.05) is 36.4 Å². The smallest absolute Gasteiger partial charge is 0.213 e. The average Bonchev–Trinajstić information content (AvgIpc) is 2.73. The molecule has 0 spiro atoms. The first-order chi connectivity index (χ1) is 13.3. The molecular weight excluding hydrogens is 338 g/mol. The molecule has 3 aromatic rings. The molecule has 0 saturated heterocycles. The van der Waals surface area contributed by atoms with Crippen LogP contribution in [0, 0.1) is 0 Å². The Kier molecular flexibility index (Phi) is 6.75. The molecular formula is C21H23N5O. The van der Waals surface area contributed by atoms with Gasteiger partial charge in [0.1, 0.15) is 6.61 Å². The zero-order chi connectivity index (χ0) is 18.7. The molecule has 0 amide bonds. The normalized spacial score (nSPS) is 11.2. The van der Waals surface area contributed by atoms with Crippen molar-refractivity contribution >= 4 is 5.96 Å². The fourth-order valence-electron chi connectivity index (χ4n) is 2.46. The monoisotopic (exact) mass is 361 g/mol. The molecule has 0 fully saturated rings. The predicted molar refractivity (Wildman–Crippen MR) is 106 cm³/mol. The van der Waals surface area contributed by atoms with E-state index in [-0.39, 0.29) is 0 Å². The van der Waals surface area contributed by atoms with Gasteiger partial charge in [0.2, 0.25) is 5.88 Å². The van der Waals surface area contributed by atoms with Gasteiger partial charge >= 0.3 is 0 Å². The fourth-order valence-corrected chi connectivity index (χ4v) is 2.46. The van der Waals surface area contributed by atoms with Crippen molar-refractivity contribution < 1.29 is 4.74 Å². The Morgan fingerprint density at radius 1 is 0.963 bits per heavy atom. The number of rotatable bonds is 8. The Morgan fingerprint density at radius 2 is 1.81 bits per heavy atom. The van der Waals surface area contributed by atoms with Crippen LogP contribution in [0.2, 0.25) is 0 Å². The van der Waals surface area contributed by atoms with E-state index >= 15 is 0 Å². The van der Waals surface area contributed by atoms with Crippen molar-refractivity contribution in [2.24, 2.45) is 10.7 Å². The summed E-state index contributed by atoms with van der Waals surface area (Å²) in [5, 5.41) is 3.10. The summed E-state index contributed by atoms with van der Waals surface area (Å²) >= 11 is 0. The van der Waals surface area contributed by atoms with Gasteiger partial charge in [0.05, 0.1) is 6.54 Å². The third-order valence-corrected chi connectivity index (χ3v) is 3.87. The molecule has 1 aromatic carbocycles. The van der Waals surface area contributed by atoms with Crippen molar-refractivity contribution in [3.8, 4) is 5.88 Å². The molecule has 0 aliphatic carbocycles. The lowest BCUT2D eigenvalue weighted by atomic mass is 10.2. The average molecular weight is 361 g/mol. The Hall–Kier alpha value is -3.41. The van der Waals surface area contributed by atoms with Gasteiger partial charge in [0.25, 0.3) is 0 Å². The number of guanidine groups is 1. The lowest BCUT2D eigenvalue weighted by molar-refractivity contribution is 0.293. The van der Waals surface area contributed by atoms with Crippen LogP contribution in [-0.4, -0.2) is 22.5 Å². The molecule has 6 heteroatoms. The second kappa shape index (κ2) is 9.91. The van der Waals surface area contributed by atoms with E-state index in [0.717, 1.165) is 23.2 Å². The summed E-state index contributed by atoms with van der Waals surface area (Å²) < 4.78 is 5.74. The van der Waals surface area contributed by atoms with E-state index in [4.69, 9.17) is 10.5 Å². The molecule has 0 saturated carbocycles. The number of hydrogen-bond acceptors (Lipinski definition) is 4. The van der Waals surface area contributed by atoms with Crippen LogP contribution < -0.4 is 15.8 Å². The molecule has 0 atom stereocenters. The summed E-state index contributed by atoms with van der Waals surface area (Å²) in [4.78, 5) is 12.9. The number of ether oxygens (including phenoxy) is 1. The lowest BCUT2D eigenvalue weighted by Crippen LogP contribution is -2.33. The topological polar surface area (TPSA) is 85.4 Å². The van der Waals surface area contributed by atoms with Crippen LogP contribution in [0.1, 0.15) is 16.8 Å². The minimum absolute atomic E-state index is 0.412. The van der Waals surface area contributed by atoms with Gasteiger partial charge in [-0.15, -0.1) is 0 Å². The van der Waals surface area contributed by atoms with Crippen LogP contribution in [0.4, 0.5) is 0 Å². The molecule has 3 N–H and O–H groups in total. The first-order valence-electron chi connectivity index (χ1n) is 8.85. The zero-order valence-corrected chi connectivity index (χ0v) is 15.1. The fraction of sp³-hybridized carbons (Fsp3) is 0.190. The Bertz CT molecular complexity index is 853. The van der Waals surface area contributed by atoms with Crippen LogP contribution in [-0.2, 0) is 19.6 Å². The molecule has 27 heavy (non-hydrogen) atoms. The SMILES string of the molecule is NC(=NCc1ccnc(OCc2ccccc2)c1)NCCc1ccccn1. The number of hydrogen-bond donors (Lipinski definition) is 2. The first kappa shape index (κ1) is 18.4. The van der Waals surface area contributed by atoms with Crippen molar-refractivity contribution in [2.75, 3.05) is 6.54 Å². The number of aliphatic imine (C=N–C) groups is 1. The zero-order valence-electron chi connectivity index (χ0n) is 15.1. The number of nitrogens with zero attached hydrogens (tertiary/aromatic N) is 3. The Morgan fingerprint density at radius 3 is 2.63 bits per heavy atom. The first-order valence-corrected chi connectivity index (χ1v) is 8.85. The molecule has 2 heterocycles. The molecule has 3 rings (SSSR count). The standard InChI is InChI=1S/C21H23N5O/c22-21(25-13-10-19-8-4-5-11-23-19)26-15-18-9-12-24-20(14-18)27-16-17-6-2-1-3-7-17/h1-9,11-12,14H,10,13,15-16H2,(H3,22,25,26). The minimum atomic E-state index is 0.412. The van der Waals surface area contributed by atoms with Gasteiger partial charge in [0, 0.05) is 37.1 Å². The van der Waals surface area contributed by atoms with Gasteiger partial charge < -0.3 is 15.8 Å². The summed E-state index contributed by atoms with van der Waals surface area (Å²) in [5.41, 5.74) is 9.04. The van der Waals surface area contributed by atoms with E-state index in [1.807, 2.05) is 60.7 Å². The van der Waals surface area contributed by atoms with E-state index in [1.165, 1.54) is 0 Å². The summed E-state index contributed by atoms with van der Waals surface area (Å²) in [5.74, 6) is 0.989. The highest BCUT2D eigenvalue weighted by atomic mass is 16.5. The van der Waals surface area contributed by atoms with E-state index in [2.05, 4.69) is 20.3 Å². The Labute approximate surface area is 159 Å². The number of aromatic nitrogens is 2. The highest BCUT2D eigenvalue weighted by molar-refractivity contribution is 5.77. The third kappa shape index (κ3) is 6.43. The summed E-state index contributed by atoms with van der Waals surface area (Å²) in [7, 11) is 0. The van der Waals surface area contributed by atoms with Crippen LogP contribution in [0.15, 0.2) is 78.0 Å². The van der Waals surface area contributed by atoms with Crippen molar-refractivity contribution in [2.45, 2.75) is 19.6 Å². The Balaban J connectivity index is 1.46. The highest BCUT2D eigenvalue weighted by Crippen LogP contribution is 2.12. The number of nitrogens with two attached hydrogens (primary N) is 1. The maximum absolute atomic E-state index is 5.93. The van der Waals surface area contributed by atoms with E-state index in [9.17, 15) is 0 Å². The number of pyridine rings is 2. The molecule has 6 nitrogen and oxygen atoms in total. The molecule has 2 aromatic heterocycles. The van der Waals surface area contributed by atoms with Gasteiger partial charge in [-0.2, -0.15) is 0 Å². The highest BCUT2D eigenvalue weighted by Gasteiger charge is 2.00. The molecule has 0 bridgehead atoms. The largest absolute Gasteiger partial charge is 0.473 e. The van der Waals surface area contributed by atoms with Gasteiger partial charge in [-0.3, -0.25) is 4.98 Å². The predicted octanol–water partition coefficient (Wildman–Crippen LogP) is 2.70. The van der Waals surface area contributed by atoms with Gasteiger partial charge in [0.15, 0.2) is 5.96 Å². The van der Waals surface area contributed by atoms with Crippen molar-refractivity contribution in [1.29, 1.82) is 0 Å². The molecule has 0 aliphatic rings. The summed E-state index contributed by atoms with van der Waals surface area (Å²) in [6.07, 6.45) is 4.30. The van der Waals surface area contributed by atoms with Crippen LogP contribution in [0.3, 0.4) is 0 Å². The molecule has 138 valence electrons. The number of benzene rings is 1. The summed E-state index contributed by atoms with van der Waals surface area (Å²) in [6.45, 7) is 1.64. The minimum Gasteiger partial charge on any atom is -0.473 e. The number of nitrogens with one attached hydrogen (secondary N) is 1. The van der Waals surface area contributed by atoms with Gasteiger partial charge in [-0.25, -0.2) is 9.98 Å². The van der Waals surface area contributed by atoms with E-state index in [0.29, 0.717) is 31.5 Å². The lowest BCUT2D eigenvalue weighted by Gasteiger charge is -2.07. The van der Waals surface area contributed by atoms with E-state index < -0.39 is 0 Å². The van der Waals surface area contributed by atoms with E-state index in [1.54, 1.807) is 12.4 Å². The van der Waals surface area contributed by atoms with Crippen LogP contribution in [0.25, 0.3) is 0 Å². The van der Waals surface area contributed by atoms with Crippen LogP contribution >= 0.6 is 0 Å². The quantitative estimate of drug-likeness (QED) is 0.476. The summed E-state index contributed by atoms with van der Waals surface area (Å²) in [6, 6.07) is 19.6. The maximum atomic E-state index is 5.93. The maximum Gasteiger partial charge on any atom is 0.213 e. The molecule has 0 unspecified atom stereocenters. The third-order valence-electron chi connectivity index (χ3n) is 3.87. The second-order valence-corrected chi connectivity index (χ2v) is 5.98. The van der Waals surface area contributed by atoms with Gasteiger partial charge in [-0.05, 0) is 29.3 Å². The van der Waals surface area contributed by atoms with Crippen LogP contribution in [0.5, 0.6) is 5.88 Å². The molecule has 0 aliphatic heterocycles. The molecule has 0 radical (unpaired) electrons. The van der Waals surface area contributed by atoms with Crippen molar-refractivity contribution in [1.82, 2.24) is 15.3 Å².